The molecule has 6 rings (SSSR count). The molecule has 2 heterocycles. The number of ether oxygens (including phenoxy) is 2. The van der Waals surface area contributed by atoms with Gasteiger partial charge in [-0.15, -0.1) is 0 Å². The van der Waals surface area contributed by atoms with Crippen LogP contribution in [0, 0.1) is 0 Å². The van der Waals surface area contributed by atoms with E-state index in [0.29, 0.717) is 6.61 Å². The van der Waals surface area contributed by atoms with E-state index < -0.39 is 0 Å². The van der Waals surface area contributed by atoms with Gasteiger partial charge in [-0.25, -0.2) is 5.01 Å². The molecule has 0 N–H and O–H groups in total. The third-order valence-corrected chi connectivity index (χ3v) is 6.20. The van der Waals surface area contributed by atoms with Gasteiger partial charge < -0.3 is 9.47 Å². The molecule has 0 aromatic heterocycles. The molecule has 0 saturated carbocycles. The lowest BCUT2D eigenvalue weighted by molar-refractivity contribution is -0.0191. The number of hydrogen-bond acceptors (Lipinski definition) is 4. The molecule has 4 heteroatoms. The Morgan fingerprint density at radius 2 is 1.58 bits per heavy atom. The first-order valence-corrected chi connectivity index (χ1v) is 11.3. The Morgan fingerprint density at radius 1 is 0.818 bits per heavy atom. The highest BCUT2D eigenvalue weighted by Gasteiger charge is 2.40. The van der Waals surface area contributed by atoms with E-state index in [1.807, 2.05) is 42.5 Å². The van der Waals surface area contributed by atoms with Crippen molar-refractivity contribution in [1.82, 2.24) is 5.01 Å². The smallest absolute Gasteiger partial charge is 0.214 e. The van der Waals surface area contributed by atoms with Gasteiger partial charge in [-0.2, -0.15) is 5.10 Å². The maximum absolute atomic E-state index is 6.50. The molecule has 0 amide bonds. The molecular formula is C29H24N2O2. The molecular weight excluding hydrogens is 408 g/mol. The van der Waals surface area contributed by atoms with Crippen molar-refractivity contribution >= 4 is 5.71 Å². The second-order valence-corrected chi connectivity index (χ2v) is 8.37. The Kier molecular flexibility index (Phi) is 5.04. The molecule has 0 aliphatic carbocycles. The fourth-order valence-electron chi connectivity index (χ4n) is 4.56. The van der Waals surface area contributed by atoms with Crippen molar-refractivity contribution in [3.8, 4) is 11.5 Å². The molecule has 0 saturated heterocycles. The van der Waals surface area contributed by atoms with E-state index in [-0.39, 0.29) is 12.3 Å². The molecule has 2 aliphatic rings. The van der Waals surface area contributed by atoms with Crippen molar-refractivity contribution in [3.05, 3.63) is 131 Å². The number of benzene rings is 4. The summed E-state index contributed by atoms with van der Waals surface area (Å²) >= 11 is 0. The predicted octanol–water partition coefficient (Wildman–Crippen LogP) is 6.51. The molecule has 0 fully saturated rings. The van der Waals surface area contributed by atoms with Crippen LogP contribution in [0.5, 0.6) is 11.5 Å². The highest BCUT2D eigenvalue weighted by molar-refractivity contribution is 6.01. The molecule has 0 unspecified atom stereocenters. The van der Waals surface area contributed by atoms with E-state index in [9.17, 15) is 0 Å². The van der Waals surface area contributed by atoms with Gasteiger partial charge in [0.25, 0.3) is 0 Å². The van der Waals surface area contributed by atoms with Crippen LogP contribution in [-0.2, 0) is 6.61 Å². The van der Waals surface area contributed by atoms with Crippen molar-refractivity contribution in [3.63, 3.8) is 0 Å². The summed E-state index contributed by atoms with van der Waals surface area (Å²) in [6.07, 6.45) is 0.539. The maximum Gasteiger partial charge on any atom is 0.214 e. The quantitative estimate of drug-likeness (QED) is 0.361. The van der Waals surface area contributed by atoms with Gasteiger partial charge in [0.2, 0.25) is 6.23 Å². The van der Waals surface area contributed by atoms with Crippen LogP contribution in [0.4, 0.5) is 0 Å². The number of fused-ring (bicyclic) bond motifs is 3. The first-order chi connectivity index (χ1) is 16.3. The Bertz CT molecular complexity index is 1290. The molecule has 4 aromatic rings. The van der Waals surface area contributed by atoms with Crippen molar-refractivity contribution in [2.75, 3.05) is 0 Å². The van der Waals surface area contributed by atoms with Crippen LogP contribution in [0.2, 0.25) is 0 Å². The Balaban J connectivity index is 1.33. The molecule has 162 valence electrons. The maximum atomic E-state index is 6.50. The Labute approximate surface area is 193 Å². The largest absolute Gasteiger partial charge is 0.489 e. The fourth-order valence-corrected chi connectivity index (χ4v) is 4.56. The topological polar surface area (TPSA) is 34.1 Å². The van der Waals surface area contributed by atoms with Crippen molar-refractivity contribution in [2.24, 2.45) is 5.10 Å². The molecule has 2 atom stereocenters. The first kappa shape index (κ1) is 19.6. The first-order valence-electron chi connectivity index (χ1n) is 11.3. The summed E-state index contributed by atoms with van der Waals surface area (Å²) in [6, 6.07) is 37.2. The number of rotatable bonds is 5. The average molecular weight is 433 g/mol. The molecule has 2 aliphatic heterocycles. The van der Waals surface area contributed by atoms with Crippen LogP contribution < -0.4 is 9.47 Å². The van der Waals surface area contributed by atoms with Crippen molar-refractivity contribution < 1.29 is 9.47 Å². The van der Waals surface area contributed by atoms with Crippen molar-refractivity contribution in [2.45, 2.75) is 25.3 Å². The minimum absolute atomic E-state index is 0.143. The standard InChI is InChI=1S/C29H24N2O2/c1-3-10-21(11-4-1)20-32-24-15-9-14-23(18-24)29-31-27(25-16-7-8-17-28(25)33-29)19-26(30-31)22-12-5-2-6-13-22/h1-18,27,29H,19-20H2/t27-,29-/m0/s1. The van der Waals surface area contributed by atoms with Crippen LogP contribution in [-0.4, -0.2) is 10.7 Å². The minimum Gasteiger partial charge on any atom is -0.489 e. The van der Waals surface area contributed by atoms with Gasteiger partial charge in [-0.05, 0) is 29.3 Å². The fraction of sp³-hybridized carbons (Fsp3) is 0.138. The van der Waals surface area contributed by atoms with Crippen LogP contribution in [0.25, 0.3) is 0 Å². The number of hydrazone groups is 1. The summed E-state index contributed by atoms with van der Waals surface area (Å²) < 4.78 is 12.6. The molecule has 4 aromatic carbocycles. The lowest BCUT2D eigenvalue weighted by Gasteiger charge is -2.38. The van der Waals surface area contributed by atoms with E-state index >= 15 is 0 Å². The van der Waals surface area contributed by atoms with E-state index in [4.69, 9.17) is 14.6 Å². The molecule has 0 radical (unpaired) electrons. The number of para-hydroxylation sites is 1. The van der Waals surface area contributed by atoms with Gasteiger partial charge >= 0.3 is 0 Å². The average Bonchev–Trinajstić information content (AvgIpc) is 3.34. The second kappa shape index (κ2) is 8.47. The minimum atomic E-state index is -0.314. The highest BCUT2D eigenvalue weighted by atomic mass is 16.5. The number of nitrogens with zero attached hydrogens (tertiary/aromatic N) is 2. The lowest BCUT2D eigenvalue weighted by atomic mass is 9.96. The van der Waals surface area contributed by atoms with Gasteiger partial charge in [0, 0.05) is 17.5 Å². The van der Waals surface area contributed by atoms with E-state index in [1.54, 1.807) is 0 Å². The van der Waals surface area contributed by atoms with Gasteiger partial charge in [0.15, 0.2) is 0 Å². The SMILES string of the molecule is c1ccc(COc2cccc([C@@H]3Oc4ccccc4[C@@H]4CC(c5ccccc5)=NN43)c2)cc1. The molecule has 4 nitrogen and oxygen atoms in total. The van der Waals surface area contributed by atoms with Crippen LogP contribution in [0.15, 0.2) is 114 Å². The zero-order valence-electron chi connectivity index (χ0n) is 18.2. The lowest BCUT2D eigenvalue weighted by Crippen LogP contribution is -2.33. The van der Waals surface area contributed by atoms with Crippen LogP contribution in [0.1, 0.15) is 40.9 Å². The second-order valence-electron chi connectivity index (χ2n) is 8.37. The number of hydrogen-bond donors (Lipinski definition) is 0. The molecule has 0 spiro atoms. The summed E-state index contributed by atoms with van der Waals surface area (Å²) in [7, 11) is 0. The summed E-state index contributed by atoms with van der Waals surface area (Å²) in [5, 5.41) is 7.16. The molecule has 0 bridgehead atoms. The summed E-state index contributed by atoms with van der Waals surface area (Å²) in [5.74, 6) is 1.74. The zero-order valence-corrected chi connectivity index (χ0v) is 18.2. The molecule has 33 heavy (non-hydrogen) atoms. The van der Waals surface area contributed by atoms with E-state index in [1.165, 1.54) is 5.56 Å². The normalized spacial score (nSPS) is 18.7. The van der Waals surface area contributed by atoms with E-state index in [0.717, 1.165) is 40.3 Å². The van der Waals surface area contributed by atoms with Gasteiger partial charge in [0.05, 0.1) is 11.8 Å². The summed E-state index contributed by atoms with van der Waals surface area (Å²) in [5.41, 5.74) is 5.59. The summed E-state index contributed by atoms with van der Waals surface area (Å²) in [4.78, 5) is 0. The third kappa shape index (κ3) is 3.85. The third-order valence-electron chi connectivity index (χ3n) is 6.20. The zero-order chi connectivity index (χ0) is 22.0. The van der Waals surface area contributed by atoms with Crippen LogP contribution >= 0.6 is 0 Å². The summed E-state index contributed by atoms with van der Waals surface area (Å²) in [6.45, 7) is 0.529. The monoisotopic (exact) mass is 432 g/mol. The highest BCUT2D eigenvalue weighted by Crippen LogP contribution is 2.47. The van der Waals surface area contributed by atoms with Gasteiger partial charge in [0.1, 0.15) is 18.1 Å². The predicted molar refractivity (Wildman–Crippen MR) is 129 cm³/mol. The van der Waals surface area contributed by atoms with E-state index in [2.05, 4.69) is 71.7 Å². The van der Waals surface area contributed by atoms with Gasteiger partial charge in [-0.1, -0.05) is 91.0 Å². The van der Waals surface area contributed by atoms with Gasteiger partial charge in [-0.3, -0.25) is 0 Å². The Hall–Kier alpha value is -4.05. The van der Waals surface area contributed by atoms with Crippen LogP contribution in [0.3, 0.4) is 0 Å². The van der Waals surface area contributed by atoms with Crippen molar-refractivity contribution in [1.29, 1.82) is 0 Å². The Morgan fingerprint density at radius 3 is 2.42 bits per heavy atom.